The van der Waals surface area contributed by atoms with Gasteiger partial charge in [-0.3, -0.25) is 9.69 Å². The SMILES string of the molecule is CC(C)CC(CNC(=O)C1CCC(N)C1)N1CCOCC1. The molecule has 1 saturated carbocycles. The summed E-state index contributed by atoms with van der Waals surface area (Å²) in [5.74, 6) is 0.962. The first-order chi connectivity index (χ1) is 10.1. The Labute approximate surface area is 128 Å². The average Bonchev–Trinajstić information content (AvgIpc) is 2.90. The van der Waals surface area contributed by atoms with Crippen LogP contribution in [-0.4, -0.2) is 55.7 Å². The van der Waals surface area contributed by atoms with E-state index in [0.717, 1.165) is 58.5 Å². The van der Waals surface area contributed by atoms with Crippen molar-refractivity contribution in [1.82, 2.24) is 10.2 Å². The summed E-state index contributed by atoms with van der Waals surface area (Å²) in [6, 6.07) is 0.638. The third-order valence-electron chi connectivity index (χ3n) is 4.66. The highest BCUT2D eigenvalue weighted by molar-refractivity contribution is 5.79. The molecule has 1 aliphatic carbocycles. The third-order valence-corrected chi connectivity index (χ3v) is 4.66. The van der Waals surface area contributed by atoms with Crippen LogP contribution in [0.3, 0.4) is 0 Å². The topological polar surface area (TPSA) is 67.6 Å². The predicted molar refractivity (Wildman–Crippen MR) is 84.0 cm³/mol. The zero-order chi connectivity index (χ0) is 15.2. The van der Waals surface area contributed by atoms with Crippen molar-refractivity contribution in [3.05, 3.63) is 0 Å². The van der Waals surface area contributed by atoms with Crippen LogP contribution in [0, 0.1) is 11.8 Å². The fraction of sp³-hybridized carbons (Fsp3) is 0.938. The Balaban J connectivity index is 1.81. The number of nitrogens with zero attached hydrogens (tertiary/aromatic N) is 1. The smallest absolute Gasteiger partial charge is 0.223 e. The summed E-state index contributed by atoms with van der Waals surface area (Å²) in [4.78, 5) is 14.7. The maximum atomic E-state index is 12.3. The van der Waals surface area contributed by atoms with Gasteiger partial charge in [-0.2, -0.15) is 0 Å². The fourth-order valence-electron chi connectivity index (χ4n) is 3.47. The van der Waals surface area contributed by atoms with Crippen molar-refractivity contribution in [2.24, 2.45) is 17.6 Å². The summed E-state index contributed by atoms with van der Waals surface area (Å²) in [5.41, 5.74) is 5.90. The molecule has 2 aliphatic rings. The summed E-state index contributed by atoms with van der Waals surface area (Å²) in [6.07, 6.45) is 3.89. The van der Waals surface area contributed by atoms with E-state index in [1.165, 1.54) is 0 Å². The number of nitrogens with one attached hydrogen (secondary N) is 1. The van der Waals surface area contributed by atoms with Gasteiger partial charge in [-0.15, -0.1) is 0 Å². The number of amides is 1. The molecule has 1 heterocycles. The van der Waals surface area contributed by atoms with Crippen LogP contribution in [0.25, 0.3) is 0 Å². The van der Waals surface area contributed by atoms with Crippen molar-refractivity contribution >= 4 is 5.91 Å². The Morgan fingerprint density at radius 3 is 2.62 bits per heavy atom. The summed E-state index contributed by atoms with van der Waals surface area (Å²) in [7, 11) is 0. The van der Waals surface area contributed by atoms with E-state index in [1.807, 2.05) is 0 Å². The molecule has 0 aromatic heterocycles. The van der Waals surface area contributed by atoms with Crippen LogP contribution < -0.4 is 11.1 Å². The second-order valence-corrected chi connectivity index (χ2v) is 6.95. The Morgan fingerprint density at radius 2 is 2.05 bits per heavy atom. The van der Waals surface area contributed by atoms with Crippen LogP contribution in [0.4, 0.5) is 0 Å². The fourth-order valence-corrected chi connectivity index (χ4v) is 3.47. The summed E-state index contributed by atoms with van der Waals surface area (Å²) in [6.45, 7) is 8.79. The second kappa shape index (κ2) is 8.11. The van der Waals surface area contributed by atoms with Gasteiger partial charge in [-0.1, -0.05) is 13.8 Å². The molecule has 2 rings (SSSR count). The lowest BCUT2D eigenvalue weighted by atomic mass is 10.0. The molecule has 3 unspecified atom stereocenters. The second-order valence-electron chi connectivity index (χ2n) is 6.95. The zero-order valence-electron chi connectivity index (χ0n) is 13.5. The van der Waals surface area contributed by atoms with Gasteiger partial charge in [-0.05, 0) is 31.6 Å². The Kier molecular flexibility index (Phi) is 6.45. The standard InChI is InChI=1S/C16H31N3O2/c1-12(2)9-15(19-5-7-21-8-6-19)11-18-16(20)13-3-4-14(17)10-13/h12-15H,3-11,17H2,1-2H3,(H,18,20). The molecule has 3 atom stereocenters. The van der Waals surface area contributed by atoms with Crippen LogP contribution in [0.5, 0.6) is 0 Å². The van der Waals surface area contributed by atoms with E-state index >= 15 is 0 Å². The lowest BCUT2D eigenvalue weighted by Crippen LogP contribution is -2.49. The van der Waals surface area contributed by atoms with Gasteiger partial charge >= 0.3 is 0 Å². The average molecular weight is 297 g/mol. The molecule has 122 valence electrons. The molecule has 5 nitrogen and oxygen atoms in total. The first-order valence-corrected chi connectivity index (χ1v) is 8.41. The van der Waals surface area contributed by atoms with E-state index in [1.54, 1.807) is 0 Å². The minimum absolute atomic E-state index is 0.129. The first-order valence-electron chi connectivity index (χ1n) is 8.41. The van der Waals surface area contributed by atoms with E-state index in [9.17, 15) is 4.79 Å². The van der Waals surface area contributed by atoms with Gasteiger partial charge in [0.05, 0.1) is 13.2 Å². The lowest BCUT2D eigenvalue weighted by Gasteiger charge is -2.35. The molecule has 0 spiro atoms. The lowest BCUT2D eigenvalue weighted by molar-refractivity contribution is -0.125. The molecule has 0 radical (unpaired) electrons. The zero-order valence-corrected chi connectivity index (χ0v) is 13.5. The summed E-state index contributed by atoms with van der Waals surface area (Å²) >= 11 is 0. The molecule has 1 amide bonds. The van der Waals surface area contributed by atoms with E-state index in [0.29, 0.717) is 12.0 Å². The maximum Gasteiger partial charge on any atom is 0.223 e. The number of ether oxygens (including phenoxy) is 1. The van der Waals surface area contributed by atoms with Crippen LogP contribution >= 0.6 is 0 Å². The van der Waals surface area contributed by atoms with E-state index in [2.05, 4.69) is 24.1 Å². The van der Waals surface area contributed by atoms with E-state index in [-0.39, 0.29) is 17.9 Å². The molecule has 21 heavy (non-hydrogen) atoms. The molecule has 0 aromatic rings. The van der Waals surface area contributed by atoms with Crippen LogP contribution in [0.2, 0.25) is 0 Å². The minimum atomic E-state index is 0.129. The number of morpholine rings is 1. The van der Waals surface area contributed by atoms with Gasteiger partial charge in [0.15, 0.2) is 0 Å². The van der Waals surface area contributed by atoms with Crippen LogP contribution in [-0.2, 0) is 9.53 Å². The Morgan fingerprint density at radius 1 is 1.33 bits per heavy atom. The quantitative estimate of drug-likeness (QED) is 0.767. The molecular weight excluding hydrogens is 266 g/mol. The minimum Gasteiger partial charge on any atom is -0.379 e. The van der Waals surface area contributed by atoms with Gasteiger partial charge in [0.25, 0.3) is 0 Å². The van der Waals surface area contributed by atoms with Gasteiger partial charge < -0.3 is 15.8 Å². The van der Waals surface area contributed by atoms with Crippen molar-refractivity contribution in [1.29, 1.82) is 0 Å². The van der Waals surface area contributed by atoms with Crippen LogP contribution in [0.15, 0.2) is 0 Å². The van der Waals surface area contributed by atoms with Crippen molar-refractivity contribution < 1.29 is 9.53 Å². The molecule has 3 N–H and O–H groups in total. The van der Waals surface area contributed by atoms with E-state index in [4.69, 9.17) is 10.5 Å². The monoisotopic (exact) mass is 297 g/mol. The Bertz CT molecular complexity index is 329. The molecular formula is C16H31N3O2. The van der Waals surface area contributed by atoms with Crippen molar-refractivity contribution in [2.45, 2.75) is 51.6 Å². The van der Waals surface area contributed by atoms with Crippen LogP contribution in [0.1, 0.15) is 39.5 Å². The highest BCUT2D eigenvalue weighted by Crippen LogP contribution is 2.24. The molecule has 0 aromatic carbocycles. The van der Waals surface area contributed by atoms with Crippen molar-refractivity contribution in [3.63, 3.8) is 0 Å². The molecule has 1 aliphatic heterocycles. The first kappa shape index (κ1) is 16.7. The number of carbonyl (C=O) groups is 1. The number of nitrogens with two attached hydrogens (primary N) is 1. The number of hydrogen-bond acceptors (Lipinski definition) is 4. The molecule has 0 bridgehead atoms. The van der Waals surface area contributed by atoms with Gasteiger partial charge in [0.2, 0.25) is 5.91 Å². The van der Waals surface area contributed by atoms with E-state index < -0.39 is 0 Å². The molecule has 5 heteroatoms. The van der Waals surface area contributed by atoms with Crippen molar-refractivity contribution in [2.75, 3.05) is 32.8 Å². The number of hydrogen-bond donors (Lipinski definition) is 2. The summed E-state index contributed by atoms with van der Waals surface area (Å²) in [5, 5.41) is 3.17. The van der Waals surface area contributed by atoms with Gasteiger partial charge in [0.1, 0.15) is 0 Å². The predicted octanol–water partition coefficient (Wildman–Crippen LogP) is 0.977. The van der Waals surface area contributed by atoms with Gasteiger partial charge in [0, 0.05) is 37.6 Å². The molecule has 2 fully saturated rings. The molecule has 1 saturated heterocycles. The number of rotatable bonds is 6. The van der Waals surface area contributed by atoms with Crippen molar-refractivity contribution in [3.8, 4) is 0 Å². The number of carbonyl (C=O) groups excluding carboxylic acids is 1. The summed E-state index contributed by atoms with van der Waals surface area (Å²) < 4.78 is 5.43. The highest BCUT2D eigenvalue weighted by atomic mass is 16.5. The highest BCUT2D eigenvalue weighted by Gasteiger charge is 2.29. The third kappa shape index (κ3) is 5.24. The largest absolute Gasteiger partial charge is 0.379 e. The Hall–Kier alpha value is -0.650. The normalized spacial score (nSPS) is 28.8. The van der Waals surface area contributed by atoms with Gasteiger partial charge in [-0.25, -0.2) is 0 Å². The maximum absolute atomic E-state index is 12.3.